The van der Waals surface area contributed by atoms with Crippen molar-refractivity contribution in [2.45, 2.75) is 19.0 Å². The van der Waals surface area contributed by atoms with Gasteiger partial charge in [0.15, 0.2) is 17.3 Å². The molecule has 172 valence electrons. The highest BCUT2D eigenvalue weighted by molar-refractivity contribution is 6.36. The number of nitrogens with zero attached hydrogens (tertiary/aromatic N) is 7. The van der Waals surface area contributed by atoms with Gasteiger partial charge in [-0.2, -0.15) is 0 Å². The topological polar surface area (TPSA) is 124 Å². The summed E-state index contributed by atoms with van der Waals surface area (Å²) in [5.41, 5.74) is 9.79. The van der Waals surface area contributed by atoms with Crippen molar-refractivity contribution in [1.82, 2.24) is 35.0 Å². The van der Waals surface area contributed by atoms with Crippen LogP contribution in [0.2, 0.25) is 10.0 Å². The number of hydrogen-bond donors (Lipinski definition) is 2. The molecule has 0 aliphatic carbocycles. The minimum absolute atomic E-state index is 0.262. The number of nitrogen functional groups attached to an aromatic ring is 1. The lowest BCUT2D eigenvalue weighted by molar-refractivity contribution is 0.459. The summed E-state index contributed by atoms with van der Waals surface area (Å²) in [4.78, 5) is 19.3. The maximum Gasteiger partial charge on any atom is 0.212 e. The maximum absolute atomic E-state index is 6.62. The minimum atomic E-state index is 0.262. The summed E-state index contributed by atoms with van der Waals surface area (Å²) in [6.07, 6.45) is 7.45. The van der Waals surface area contributed by atoms with Crippen LogP contribution in [0, 0.1) is 0 Å². The van der Waals surface area contributed by atoms with Gasteiger partial charge in [-0.1, -0.05) is 34.4 Å². The second-order valence-electron chi connectivity index (χ2n) is 8.14. The Morgan fingerprint density at radius 2 is 2.06 bits per heavy atom. The lowest BCUT2D eigenvalue weighted by atomic mass is 10.1. The largest absolute Gasteiger partial charge is 0.380 e. The van der Waals surface area contributed by atoms with E-state index in [1.807, 2.05) is 22.8 Å². The number of halogens is 2. The molecule has 5 aromatic rings. The summed E-state index contributed by atoms with van der Waals surface area (Å²) in [5.74, 6) is 0.971. The predicted octanol–water partition coefficient (Wildman–Crippen LogP) is 3.61. The highest BCUT2D eigenvalue weighted by atomic mass is 35.5. The number of benzene rings is 1. The zero-order chi connectivity index (χ0) is 23.2. The number of nitrogens with two attached hydrogens (primary N) is 1. The maximum atomic E-state index is 6.62. The number of anilines is 2. The van der Waals surface area contributed by atoms with Gasteiger partial charge in [0.1, 0.15) is 18.2 Å². The monoisotopic (exact) mass is 495 g/mol. The molecule has 1 fully saturated rings. The van der Waals surface area contributed by atoms with Gasteiger partial charge in [-0.3, -0.25) is 4.57 Å². The summed E-state index contributed by atoms with van der Waals surface area (Å²) in [6, 6.07) is 6.21. The Balaban J connectivity index is 1.15. The summed E-state index contributed by atoms with van der Waals surface area (Å²) in [5, 5.41) is 9.15. The Kier molecular flexibility index (Phi) is 5.20. The van der Waals surface area contributed by atoms with Crippen molar-refractivity contribution in [2.24, 2.45) is 0 Å². The number of rotatable bonds is 5. The lowest BCUT2D eigenvalue weighted by Gasteiger charge is -2.18. The van der Waals surface area contributed by atoms with Crippen molar-refractivity contribution < 1.29 is 4.52 Å². The van der Waals surface area contributed by atoms with Crippen molar-refractivity contribution in [3.63, 3.8) is 0 Å². The SMILES string of the molecule is Nc1noc2c(N3CCC(NCc4ccc(-n5cnc6cncnc65)cc4Cl)C3)ncc(Cl)c12. The predicted molar refractivity (Wildman–Crippen MR) is 130 cm³/mol. The number of hydrogen-bond acceptors (Lipinski definition) is 9. The third-order valence-electron chi connectivity index (χ3n) is 6.06. The van der Waals surface area contributed by atoms with Gasteiger partial charge in [-0.05, 0) is 24.1 Å². The second kappa shape index (κ2) is 8.39. The third kappa shape index (κ3) is 3.60. The molecule has 0 radical (unpaired) electrons. The first-order valence-electron chi connectivity index (χ1n) is 10.7. The van der Waals surface area contributed by atoms with Crippen LogP contribution in [0.4, 0.5) is 11.6 Å². The molecule has 0 amide bonds. The van der Waals surface area contributed by atoms with Gasteiger partial charge >= 0.3 is 0 Å². The zero-order valence-electron chi connectivity index (χ0n) is 17.8. The molecule has 10 nitrogen and oxygen atoms in total. The van der Waals surface area contributed by atoms with Gasteiger partial charge in [0.05, 0.1) is 22.3 Å². The number of imidazole rings is 1. The molecule has 6 rings (SSSR count). The van der Waals surface area contributed by atoms with Crippen LogP contribution in [0.5, 0.6) is 0 Å². The van der Waals surface area contributed by atoms with Crippen LogP contribution in [0.3, 0.4) is 0 Å². The molecule has 1 aliphatic heterocycles. The summed E-state index contributed by atoms with van der Waals surface area (Å²) >= 11 is 12.8. The number of pyridine rings is 1. The Morgan fingerprint density at radius 3 is 2.94 bits per heavy atom. The minimum Gasteiger partial charge on any atom is -0.380 e. The van der Waals surface area contributed by atoms with E-state index in [2.05, 4.69) is 35.3 Å². The standard InChI is InChI=1S/C22H19Cl2N9O/c23-15-5-14(33-11-30-17-8-26-10-29-21(17)33)2-1-12(15)6-27-13-3-4-32(9-13)22-19-18(16(24)7-28-22)20(25)31-34-19/h1-2,5,7-8,10-11,13,27H,3-4,6,9H2,(H2,25,31). The summed E-state index contributed by atoms with van der Waals surface area (Å²) in [7, 11) is 0. The fourth-order valence-electron chi connectivity index (χ4n) is 4.31. The molecule has 34 heavy (non-hydrogen) atoms. The molecule has 0 saturated carbocycles. The van der Waals surface area contributed by atoms with Gasteiger partial charge < -0.3 is 20.5 Å². The molecule has 1 atom stereocenters. The lowest BCUT2D eigenvalue weighted by Crippen LogP contribution is -2.32. The van der Waals surface area contributed by atoms with E-state index in [-0.39, 0.29) is 11.9 Å². The second-order valence-corrected chi connectivity index (χ2v) is 8.95. The van der Waals surface area contributed by atoms with E-state index in [9.17, 15) is 0 Å². The quantitative estimate of drug-likeness (QED) is 0.376. The van der Waals surface area contributed by atoms with Crippen LogP contribution in [0.1, 0.15) is 12.0 Å². The van der Waals surface area contributed by atoms with Crippen LogP contribution < -0.4 is 16.0 Å². The molecular weight excluding hydrogens is 477 g/mol. The molecule has 1 saturated heterocycles. The molecule has 0 spiro atoms. The van der Waals surface area contributed by atoms with Crippen LogP contribution in [-0.2, 0) is 6.54 Å². The van der Waals surface area contributed by atoms with Crippen LogP contribution in [0.25, 0.3) is 27.8 Å². The normalized spacial score (nSPS) is 16.2. The van der Waals surface area contributed by atoms with E-state index < -0.39 is 0 Å². The average Bonchev–Trinajstić information content (AvgIpc) is 3.58. The smallest absolute Gasteiger partial charge is 0.212 e. The van der Waals surface area contributed by atoms with E-state index in [1.54, 1.807) is 18.7 Å². The zero-order valence-corrected chi connectivity index (χ0v) is 19.3. The fraction of sp³-hybridized carbons (Fsp3) is 0.227. The summed E-state index contributed by atoms with van der Waals surface area (Å²) < 4.78 is 7.30. The van der Waals surface area contributed by atoms with Crippen LogP contribution >= 0.6 is 23.2 Å². The van der Waals surface area contributed by atoms with E-state index in [0.717, 1.165) is 41.9 Å². The summed E-state index contributed by atoms with van der Waals surface area (Å²) in [6.45, 7) is 2.23. The number of nitrogens with one attached hydrogen (secondary N) is 1. The molecule has 0 bridgehead atoms. The Labute approximate surface area is 203 Å². The fourth-order valence-corrected chi connectivity index (χ4v) is 4.78. The molecule has 12 heteroatoms. The highest BCUT2D eigenvalue weighted by Gasteiger charge is 2.27. The van der Waals surface area contributed by atoms with Crippen molar-refractivity contribution in [1.29, 1.82) is 0 Å². The average molecular weight is 496 g/mol. The Bertz CT molecular complexity index is 1520. The first-order chi connectivity index (χ1) is 16.6. The molecule has 4 aromatic heterocycles. The van der Waals surface area contributed by atoms with Crippen molar-refractivity contribution in [3.8, 4) is 5.69 Å². The Morgan fingerprint density at radius 1 is 1.15 bits per heavy atom. The number of fused-ring (bicyclic) bond motifs is 2. The van der Waals surface area contributed by atoms with Gasteiger partial charge in [0, 0.05) is 36.9 Å². The molecular formula is C22H19Cl2N9O. The highest BCUT2D eigenvalue weighted by Crippen LogP contribution is 2.35. The van der Waals surface area contributed by atoms with Gasteiger partial charge in [0.2, 0.25) is 5.58 Å². The molecule has 1 unspecified atom stereocenters. The van der Waals surface area contributed by atoms with E-state index in [4.69, 9.17) is 33.5 Å². The van der Waals surface area contributed by atoms with Crippen molar-refractivity contribution in [3.05, 3.63) is 58.9 Å². The molecule has 5 heterocycles. The first kappa shape index (κ1) is 21.1. The molecule has 1 aromatic carbocycles. The van der Waals surface area contributed by atoms with Gasteiger partial charge in [0.25, 0.3) is 0 Å². The van der Waals surface area contributed by atoms with E-state index in [1.165, 1.54) is 6.33 Å². The van der Waals surface area contributed by atoms with Crippen molar-refractivity contribution >= 4 is 57.0 Å². The van der Waals surface area contributed by atoms with Crippen molar-refractivity contribution in [2.75, 3.05) is 23.7 Å². The van der Waals surface area contributed by atoms with Gasteiger partial charge in [-0.25, -0.2) is 19.9 Å². The molecule has 1 aliphatic rings. The molecule has 3 N–H and O–H groups in total. The van der Waals surface area contributed by atoms with E-state index >= 15 is 0 Å². The van der Waals surface area contributed by atoms with E-state index in [0.29, 0.717) is 33.4 Å². The first-order valence-corrected chi connectivity index (χ1v) is 11.4. The third-order valence-corrected chi connectivity index (χ3v) is 6.70. The van der Waals surface area contributed by atoms with Crippen LogP contribution in [-0.4, -0.2) is 48.8 Å². The van der Waals surface area contributed by atoms with Crippen LogP contribution in [0.15, 0.2) is 47.8 Å². The van der Waals surface area contributed by atoms with Gasteiger partial charge in [-0.15, -0.1) is 0 Å². The number of aromatic nitrogens is 6. The Hall–Kier alpha value is -3.47.